The van der Waals surface area contributed by atoms with Gasteiger partial charge in [-0.3, -0.25) is 4.79 Å². The Balaban J connectivity index is 1.81. The molecule has 1 spiro atoms. The highest BCUT2D eigenvalue weighted by molar-refractivity contribution is 5.92. The maximum Gasteiger partial charge on any atom is 0.338 e. The van der Waals surface area contributed by atoms with E-state index in [1.165, 1.54) is 6.92 Å². The first kappa shape index (κ1) is 18.7. The van der Waals surface area contributed by atoms with Crippen molar-refractivity contribution < 1.29 is 39.5 Å². The van der Waals surface area contributed by atoms with Gasteiger partial charge in [-0.1, -0.05) is 12.5 Å². The number of ether oxygens (including phenoxy) is 2. The van der Waals surface area contributed by atoms with Crippen molar-refractivity contribution in [2.75, 3.05) is 6.61 Å². The molecule has 8 heteroatoms. The molecule has 0 unspecified atom stereocenters. The second kappa shape index (κ2) is 5.05. The molecular weight excluding hydrogens is 368 g/mol. The summed E-state index contributed by atoms with van der Waals surface area (Å²) in [4.78, 5) is 24.9. The van der Waals surface area contributed by atoms with Crippen molar-refractivity contribution in [1.29, 1.82) is 0 Å². The van der Waals surface area contributed by atoms with Gasteiger partial charge in [-0.15, -0.1) is 0 Å². The zero-order chi connectivity index (χ0) is 20.4. The van der Waals surface area contributed by atoms with Crippen molar-refractivity contribution in [2.24, 2.45) is 22.7 Å². The van der Waals surface area contributed by atoms with Gasteiger partial charge in [0.2, 0.25) is 0 Å². The third kappa shape index (κ3) is 1.61. The van der Waals surface area contributed by atoms with Crippen molar-refractivity contribution >= 4 is 11.8 Å². The second-order valence-corrected chi connectivity index (χ2v) is 9.77. The summed E-state index contributed by atoms with van der Waals surface area (Å²) in [5.74, 6) is -2.03. The number of hydrogen-bond acceptors (Lipinski definition) is 8. The SMILES string of the molecule is CC1=CC(=O)C[C@]2(C)[C@H]3[C@H](O)[C@H](O)[C@@]4(C)OC[C@@]35[C@@H](C[C@@H]12)OC(=O)[C@H](O)[C@]54O. The first-order valence-electron chi connectivity index (χ1n) is 9.77. The molecule has 0 aromatic heterocycles. The third-order valence-corrected chi connectivity index (χ3v) is 8.76. The Bertz CT molecular complexity index is 823. The Morgan fingerprint density at radius 2 is 1.86 bits per heavy atom. The van der Waals surface area contributed by atoms with Gasteiger partial charge in [0.15, 0.2) is 11.9 Å². The normalized spacial score (nSPS) is 59.9. The Morgan fingerprint density at radius 1 is 1.18 bits per heavy atom. The zero-order valence-electron chi connectivity index (χ0n) is 16.1. The lowest BCUT2D eigenvalue weighted by atomic mass is 9.37. The lowest BCUT2D eigenvalue weighted by molar-refractivity contribution is -0.346. The summed E-state index contributed by atoms with van der Waals surface area (Å²) < 4.78 is 11.5. The van der Waals surface area contributed by atoms with E-state index in [1.54, 1.807) is 6.08 Å². The topological polar surface area (TPSA) is 134 Å². The Labute approximate surface area is 162 Å². The van der Waals surface area contributed by atoms with Crippen LogP contribution >= 0.6 is 0 Å². The molecule has 3 aliphatic carbocycles. The molecule has 2 heterocycles. The van der Waals surface area contributed by atoms with Gasteiger partial charge in [0.05, 0.1) is 18.1 Å². The minimum atomic E-state index is -2.14. The molecular formula is C20H26O8. The first-order valence-corrected chi connectivity index (χ1v) is 9.77. The molecule has 2 saturated heterocycles. The second-order valence-electron chi connectivity index (χ2n) is 9.77. The molecule has 10 atom stereocenters. The summed E-state index contributed by atoms with van der Waals surface area (Å²) in [5, 5.41) is 44.8. The molecule has 154 valence electrons. The Morgan fingerprint density at radius 3 is 2.54 bits per heavy atom. The molecule has 4 fully saturated rings. The fourth-order valence-electron chi connectivity index (χ4n) is 7.60. The Kier molecular flexibility index (Phi) is 3.37. The maximum absolute atomic E-state index is 12.5. The van der Waals surface area contributed by atoms with Crippen LogP contribution in [0.5, 0.6) is 0 Å². The van der Waals surface area contributed by atoms with Gasteiger partial charge in [-0.2, -0.15) is 0 Å². The monoisotopic (exact) mass is 394 g/mol. The molecule has 2 aliphatic heterocycles. The summed E-state index contributed by atoms with van der Waals surface area (Å²) >= 11 is 0. The lowest BCUT2D eigenvalue weighted by Gasteiger charge is -2.69. The van der Waals surface area contributed by atoms with Gasteiger partial charge < -0.3 is 29.9 Å². The average Bonchev–Trinajstić information content (AvgIpc) is 2.79. The number of ketones is 1. The standard InChI is InChI=1S/C20H26O8/c1-8-4-9(21)6-17(2)10(8)5-11-19-7-27-18(3,14(23)12(22)13(17)19)20(19,26)15(24)16(25)28-11/h4,10-15,22-24,26H,5-7H2,1-3H3/t10-,11+,12-,13+,14-,15-,17-,18+,19+,20+/m0/s1. The highest BCUT2D eigenvalue weighted by Crippen LogP contribution is 2.73. The number of rotatable bonds is 0. The highest BCUT2D eigenvalue weighted by Gasteiger charge is 2.87. The fraction of sp³-hybridized carbons (Fsp3) is 0.800. The van der Waals surface area contributed by atoms with Crippen LogP contribution < -0.4 is 0 Å². The molecule has 0 amide bonds. The van der Waals surface area contributed by atoms with Crippen molar-refractivity contribution in [1.82, 2.24) is 0 Å². The van der Waals surface area contributed by atoms with Crippen LogP contribution in [0.25, 0.3) is 0 Å². The quantitative estimate of drug-likeness (QED) is 0.388. The van der Waals surface area contributed by atoms with E-state index >= 15 is 0 Å². The van der Waals surface area contributed by atoms with Crippen LogP contribution in [-0.4, -0.2) is 74.4 Å². The van der Waals surface area contributed by atoms with Crippen LogP contribution in [0.2, 0.25) is 0 Å². The number of carbonyl (C=O) groups excluding carboxylic acids is 2. The van der Waals surface area contributed by atoms with E-state index in [2.05, 4.69) is 0 Å². The summed E-state index contributed by atoms with van der Waals surface area (Å²) in [6.45, 7) is 5.04. The molecule has 0 aromatic carbocycles. The zero-order valence-corrected chi connectivity index (χ0v) is 16.1. The van der Waals surface area contributed by atoms with Gasteiger partial charge in [0, 0.05) is 12.3 Å². The number of carbonyl (C=O) groups is 2. The van der Waals surface area contributed by atoms with E-state index in [-0.39, 0.29) is 24.7 Å². The molecule has 5 rings (SSSR count). The van der Waals surface area contributed by atoms with Gasteiger partial charge >= 0.3 is 5.97 Å². The van der Waals surface area contributed by atoms with E-state index in [0.29, 0.717) is 6.42 Å². The lowest BCUT2D eigenvalue weighted by Crippen LogP contribution is -2.85. The van der Waals surface area contributed by atoms with E-state index in [4.69, 9.17) is 9.47 Å². The van der Waals surface area contributed by atoms with Crippen molar-refractivity contribution in [3.63, 3.8) is 0 Å². The highest BCUT2D eigenvalue weighted by atomic mass is 16.6. The first-order chi connectivity index (χ1) is 12.9. The predicted octanol–water partition coefficient (Wildman–Crippen LogP) is -0.924. The van der Waals surface area contributed by atoms with E-state index < -0.39 is 58.3 Å². The van der Waals surface area contributed by atoms with E-state index in [0.717, 1.165) is 5.57 Å². The van der Waals surface area contributed by atoms with Gasteiger partial charge in [-0.05, 0) is 37.7 Å². The van der Waals surface area contributed by atoms with Crippen LogP contribution in [0.3, 0.4) is 0 Å². The number of esters is 1. The minimum Gasteiger partial charge on any atom is -0.460 e. The molecule has 0 radical (unpaired) electrons. The summed E-state index contributed by atoms with van der Waals surface area (Å²) in [6.07, 6.45) is -3.52. The Hall–Kier alpha value is -1.32. The predicted molar refractivity (Wildman–Crippen MR) is 92.7 cm³/mol. The van der Waals surface area contributed by atoms with Crippen molar-refractivity contribution in [2.45, 2.75) is 69.2 Å². The van der Waals surface area contributed by atoms with Crippen LogP contribution in [0.4, 0.5) is 0 Å². The van der Waals surface area contributed by atoms with Crippen LogP contribution in [0, 0.1) is 22.7 Å². The minimum absolute atomic E-state index is 0.0862. The van der Waals surface area contributed by atoms with Crippen molar-refractivity contribution in [3.05, 3.63) is 11.6 Å². The third-order valence-electron chi connectivity index (χ3n) is 8.76. The van der Waals surface area contributed by atoms with Gasteiger partial charge in [-0.25, -0.2) is 4.79 Å². The van der Waals surface area contributed by atoms with Crippen LogP contribution in [0.15, 0.2) is 11.6 Å². The number of aliphatic hydroxyl groups excluding tert-OH is 3. The summed E-state index contributed by atoms with van der Waals surface area (Å²) in [7, 11) is 0. The number of fused-ring (bicyclic) bond motifs is 2. The molecule has 8 nitrogen and oxygen atoms in total. The number of allylic oxidation sites excluding steroid dienone is 2. The van der Waals surface area contributed by atoms with Crippen LogP contribution in [-0.2, 0) is 19.1 Å². The number of hydrogen-bond donors (Lipinski definition) is 4. The van der Waals surface area contributed by atoms with Gasteiger partial charge in [0.1, 0.15) is 23.4 Å². The summed E-state index contributed by atoms with van der Waals surface area (Å²) in [5.41, 5.74) is -5.17. The number of aliphatic hydroxyl groups is 4. The molecule has 5 aliphatic rings. The molecule has 28 heavy (non-hydrogen) atoms. The van der Waals surface area contributed by atoms with E-state index in [1.807, 2.05) is 13.8 Å². The van der Waals surface area contributed by atoms with E-state index in [9.17, 15) is 30.0 Å². The molecule has 0 aromatic rings. The molecule has 2 saturated carbocycles. The molecule has 4 N–H and O–H groups in total. The molecule has 2 bridgehead atoms. The summed E-state index contributed by atoms with van der Waals surface area (Å²) in [6, 6.07) is 0. The average molecular weight is 394 g/mol. The van der Waals surface area contributed by atoms with Crippen LogP contribution in [0.1, 0.15) is 33.6 Å². The largest absolute Gasteiger partial charge is 0.460 e. The smallest absolute Gasteiger partial charge is 0.338 e. The van der Waals surface area contributed by atoms with Gasteiger partial charge in [0.25, 0.3) is 0 Å². The maximum atomic E-state index is 12.5. The van der Waals surface area contributed by atoms with Crippen molar-refractivity contribution in [3.8, 4) is 0 Å². The fourth-order valence-corrected chi connectivity index (χ4v) is 7.60.